The highest BCUT2D eigenvalue weighted by Gasteiger charge is 2.03. The minimum absolute atomic E-state index is 0.296. The predicted molar refractivity (Wildman–Crippen MR) is 68.8 cm³/mol. The van der Waals surface area contributed by atoms with Crippen LogP contribution in [0.3, 0.4) is 0 Å². The number of rotatable bonds is 7. The first-order chi connectivity index (χ1) is 7.63. The molecule has 92 valence electrons. The highest BCUT2D eigenvalue weighted by atomic mass is 32.1. The van der Waals surface area contributed by atoms with Crippen LogP contribution in [0.5, 0.6) is 0 Å². The van der Waals surface area contributed by atoms with Crippen LogP contribution in [0.15, 0.2) is 0 Å². The molecule has 0 radical (unpaired) electrons. The molecule has 0 fully saturated rings. The van der Waals surface area contributed by atoms with Gasteiger partial charge in [-0.15, -0.1) is 11.3 Å². The fraction of sp³-hybridized carbons (Fsp3) is 0.750. The first-order valence-electron chi connectivity index (χ1n) is 5.88. The molecule has 0 aliphatic rings. The zero-order chi connectivity index (χ0) is 12.0. The van der Waals surface area contributed by atoms with E-state index >= 15 is 0 Å². The van der Waals surface area contributed by atoms with Crippen LogP contribution in [0.4, 0.5) is 0 Å². The molecule has 0 aliphatic carbocycles. The van der Waals surface area contributed by atoms with Gasteiger partial charge in [0.15, 0.2) is 0 Å². The monoisotopic (exact) mass is 242 g/mol. The molecule has 0 amide bonds. The Morgan fingerprint density at radius 2 is 2.19 bits per heavy atom. The summed E-state index contributed by atoms with van der Waals surface area (Å²) in [6.07, 6.45) is 2.20. The Bertz CT molecular complexity index is 292. The highest BCUT2D eigenvalue weighted by Crippen LogP contribution is 2.15. The molecule has 0 aliphatic heterocycles. The van der Waals surface area contributed by atoms with Gasteiger partial charge in [-0.1, -0.05) is 6.92 Å². The van der Waals surface area contributed by atoms with Crippen molar-refractivity contribution in [1.82, 2.24) is 10.3 Å². The van der Waals surface area contributed by atoms with Crippen LogP contribution < -0.4 is 5.32 Å². The Balaban J connectivity index is 2.11. The quantitative estimate of drug-likeness (QED) is 0.721. The molecule has 0 spiro atoms. The van der Waals surface area contributed by atoms with Gasteiger partial charge < -0.3 is 10.4 Å². The van der Waals surface area contributed by atoms with Crippen molar-refractivity contribution in [1.29, 1.82) is 0 Å². The van der Waals surface area contributed by atoms with Crippen molar-refractivity contribution >= 4 is 11.3 Å². The Morgan fingerprint density at radius 1 is 1.44 bits per heavy atom. The lowest BCUT2D eigenvalue weighted by molar-refractivity contribution is 0.228. The van der Waals surface area contributed by atoms with E-state index in [1.54, 1.807) is 11.3 Å². The van der Waals surface area contributed by atoms with Crippen molar-refractivity contribution in [2.75, 3.05) is 13.2 Å². The average Bonchev–Trinajstić information content (AvgIpc) is 2.57. The predicted octanol–water partition coefficient (Wildman–Crippen LogP) is 2.26. The maximum atomic E-state index is 8.87. The van der Waals surface area contributed by atoms with E-state index in [1.807, 2.05) is 0 Å². The van der Waals surface area contributed by atoms with Crippen molar-refractivity contribution < 1.29 is 5.11 Å². The summed E-state index contributed by atoms with van der Waals surface area (Å²) >= 11 is 1.77. The highest BCUT2D eigenvalue weighted by molar-refractivity contribution is 7.11. The fourth-order valence-corrected chi connectivity index (χ4v) is 2.38. The third-order valence-electron chi connectivity index (χ3n) is 2.71. The molecule has 1 aromatic rings. The van der Waals surface area contributed by atoms with Crippen LogP contribution in [0.2, 0.25) is 0 Å². The lowest BCUT2D eigenvalue weighted by atomic mass is 10.1. The van der Waals surface area contributed by atoms with E-state index in [4.69, 9.17) is 5.11 Å². The van der Waals surface area contributed by atoms with Gasteiger partial charge in [-0.2, -0.15) is 0 Å². The summed E-state index contributed by atoms with van der Waals surface area (Å²) in [6, 6.07) is 0. The summed E-state index contributed by atoms with van der Waals surface area (Å²) in [4.78, 5) is 5.79. The molecule has 0 bridgehead atoms. The minimum atomic E-state index is 0.296. The zero-order valence-corrected chi connectivity index (χ0v) is 11.2. The number of thiazole rings is 1. The lowest BCUT2D eigenvalue weighted by Gasteiger charge is -2.07. The van der Waals surface area contributed by atoms with Gasteiger partial charge in [-0.3, -0.25) is 0 Å². The second-order valence-corrected chi connectivity index (χ2v) is 5.64. The first kappa shape index (κ1) is 13.6. The number of nitrogens with one attached hydrogen (secondary N) is 1. The number of aryl methyl sites for hydroxylation is 2. The molecular weight excluding hydrogens is 220 g/mol. The summed E-state index contributed by atoms with van der Waals surface area (Å²) in [5, 5.41) is 13.4. The lowest BCUT2D eigenvalue weighted by Crippen LogP contribution is -2.15. The number of hydrogen-bond donors (Lipinski definition) is 2. The third kappa shape index (κ3) is 4.60. The molecule has 2 N–H and O–H groups in total. The van der Waals surface area contributed by atoms with Crippen molar-refractivity contribution in [2.45, 2.75) is 40.2 Å². The van der Waals surface area contributed by atoms with Gasteiger partial charge in [0.05, 0.1) is 5.69 Å². The van der Waals surface area contributed by atoms with E-state index in [1.165, 1.54) is 9.88 Å². The van der Waals surface area contributed by atoms with Crippen molar-refractivity contribution in [3.05, 3.63) is 15.6 Å². The molecule has 4 heteroatoms. The van der Waals surface area contributed by atoms with Crippen molar-refractivity contribution in [3.63, 3.8) is 0 Å². The third-order valence-corrected chi connectivity index (χ3v) is 3.78. The largest absolute Gasteiger partial charge is 0.396 e. The Hall–Kier alpha value is -0.450. The van der Waals surface area contributed by atoms with Gasteiger partial charge in [0.1, 0.15) is 5.01 Å². The van der Waals surface area contributed by atoms with Gasteiger partial charge in [0.25, 0.3) is 0 Å². The van der Waals surface area contributed by atoms with Gasteiger partial charge in [-0.25, -0.2) is 4.98 Å². The second kappa shape index (κ2) is 6.99. The van der Waals surface area contributed by atoms with Crippen molar-refractivity contribution in [3.8, 4) is 0 Å². The zero-order valence-electron chi connectivity index (χ0n) is 10.4. The number of hydrogen-bond acceptors (Lipinski definition) is 4. The average molecular weight is 242 g/mol. The van der Waals surface area contributed by atoms with E-state index in [9.17, 15) is 0 Å². The molecular formula is C12H22N2OS. The van der Waals surface area contributed by atoms with Gasteiger partial charge in [0, 0.05) is 18.0 Å². The number of aliphatic hydroxyl groups excluding tert-OH is 1. The molecule has 0 saturated carbocycles. The van der Waals surface area contributed by atoms with E-state index < -0.39 is 0 Å². The topological polar surface area (TPSA) is 45.2 Å². The summed E-state index contributed by atoms with van der Waals surface area (Å²) in [6.45, 7) is 8.41. The molecule has 3 nitrogen and oxygen atoms in total. The van der Waals surface area contributed by atoms with Crippen LogP contribution in [-0.4, -0.2) is 23.2 Å². The SMILES string of the molecule is Cc1nc(CNCCCC(C)CO)sc1C. The summed E-state index contributed by atoms with van der Waals surface area (Å²) in [7, 11) is 0. The van der Waals surface area contributed by atoms with Gasteiger partial charge in [0.2, 0.25) is 0 Å². The molecule has 1 unspecified atom stereocenters. The number of aromatic nitrogens is 1. The van der Waals surface area contributed by atoms with Crippen LogP contribution >= 0.6 is 11.3 Å². The van der Waals surface area contributed by atoms with E-state index in [2.05, 4.69) is 31.1 Å². The van der Waals surface area contributed by atoms with E-state index in [0.29, 0.717) is 12.5 Å². The molecule has 1 rings (SSSR count). The fourth-order valence-electron chi connectivity index (χ4n) is 1.48. The van der Waals surface area contributed by atoms with Crippen LogP contribution in [0, 0.1) is 19.8 Å². The summed E-state index contributed by atoms with van der Waals surface area (Å²) in [5.74, 6) is 0.422. The number of nitrogens with zero attached hydrogens (tertiary/aromatic N) is 1. The van der Waals surface area contributed by atoms with Gasteiger partial charge in [-0.05, 0) is 39.2 Å². The smallest absolute Gasteiger partial charge is 0.107 e. The summed E-state index contributed by atoms with van der Waals surface area (Å²) < 4.78 is 0. The molecule has 1 atom stereocenters. The van der Waals surface area contributed by atoms with Crippen LogP contribution in [0.1, 0.15) is 35.3 Å². The molecule has 1 aromatic heterocycles. The maximum absolute atomic E-state index is 8.87. The summed E-state index contributed by atoms with van der Waals surface area (Å²) in [5.41, 5.74) is 1.15. The minimum Gasteiger partial charge on any atom is -0.396 e. The Kier molecular flexibility index (Phi) is 5.95. The second-order valence-electron chi connectivity index (χ2n) is 4.36. The van der Waals surface area contributed by atoms with E-state index in [-0.39, 0.29) is 0 Å². The normalized spacial score (nSPS) is 13.0. The van der Waals surface area contributed by atoms with Crippen LogP contribution in [0.25, 0.3) is 0 Å². The van der Waals surface area contributed by atoms with Crippen LogP contribution in [-0.2, 0) is 6.54 Å². The molecule has 16 heavy (non-hydrogen) atoms. The molecule has 1 heterocycles. The molecule has 0 saturated heterocycles. The standard InChI is InChI=1S/C12H22N2OS/c1-9(8-15)5-4-6-13-7-12-14-10(2)11(3)16-12/h9,13,15H,4-8H2,1-3H3. The van der Waals surface area contributed by atoms with Gasteiger partial charge >= 0.3 is 0 Å². The number of aliphatic hydroxyl groups is 1. The molecule has 0 aromatic carbocycles. The first-order valence-corrected chi connectivity index (χ1v) is 6.69. The Labute approximate surface area is 102 Å². The maximum Gasteiger partial charge on any atom is 0.107 e. The van der Waals surface area contributed by atoms with E-state index in [0.717, 1.165) is 31.6 Å². The van der Waals surface area contributed by atoms with Crippen molar-refractivity contribution in [2.24, 2.45) is 5.92 Å². The Morgan fingerprint density at radius 3 is 2.75 bits per heavy atom.